The molecule has 0 spiro atoms. The Morgan fingerprint density at radius 3 is 2.57 bits per heavy atom. The van der Waals surface area contributed by atoms with Gasteiger partial charge in [-0.25, -0.2) is 4.39 Å². The Balaban J connectivity index is 1.70. The van der Waals surface area contributed by atoms with Gasteiger partial charge in [0.1, 0.15) is 5.75 Å². The molecule has 8 heteroatoms. The van der Waals surface area contributed by atoms with Crippen molar-refractivity contribution < 1.29 is 14.1 Å². The van der Waals surface area contributed by atoms with Crippen LogP contribution in [0.5, 0.6) is 11.5 Å². The van der Waals surface area contributed by atoms with Crippen LogP contribution in [0.15, 0.2) is 65.7 Å². The Hall–Kier alpha value is -2.97. The second-order valence-corrected chi connectivity index (χ2v) is 7.77. The van der Waals surface area contributed by atoms with Crippen LogP contribution in [0.25, 0.3) is 20.7 Å². The topological polar surface area (TPSA) is 65.3 Å². The van der Waals surface area contributed by atoms with Crippen LogP contribution in [0.2, 0.25) is 0 Å². The van der Waals surface area contributed by atoms with E-state index < -0.39 is 10.7 Å². The molecule has 0 aliphatic heterocycles. The van der Waals surface area contributed by atoms with Gasteiger partial charge in [-0.05, 0) is 36.1 Å². The molecule has 0 radical (unpaired) electrons. The van der Waals surface area contributed by atoms with Crippen molar-refractivity contribution in [2.24, 2.45) is 0 Å². The summed E-state index contributed by atoms with van der Waals surface area (Å²) in [5.41, 5.74) is 1.49. The smallest absolute Gasteiger partial charge is 0.272 e. The molecule has 0 atom stereocenters. The number of fused-ring (bicyclic) bond motifs is 1. The average Bonchev–Trinajstić information content (AvgIpc) is 3.14. The predicted molar refractivity (Wildman–Crippen MR) is 110 cm³/mol. The van der Waals surface area contributed by atoms with Crippen molar-refractivity contribution in [2.75, 3.05) is 6.26 Å². The molecular formula is C20H13FN2O3S2. The van der Waals surface area contributed by atoms with E-state index in [0.29, 0.717) is 5.75 Å². The average molecular weight is 412 g/mol. The van der Waals surface area contributed by atoms with E-state index in [0.717, 1.165) is 26.7 Å². The standard InChI is InChI=1S/C20H13FN2O3S2/c1-27-14-5-2-12(3-6-14)19-11-16-20(28-19)18(8-9-22-16)26-17-7-4-13(23(24)25)10-15(17)21/h2-11H,1H3. The molecule has 4 rings (SSSR count). The third kappa shape index (κ3) is 3.56. The van der Waals surface area contributed by atoms with E-state index in [1.165, 1.54) is 28.4 Å². The SMILES string of the molecule is CSc1ccc(-c2cc3nccc(Oc4ccc([N+](=O)[O-])cc4F)c3s2)cc1. The molecule has 0 saturated heterocycles. The van der Waals surface area contributed by atoms with Crippen LogP contribution in [-0.4, -0.2) is 16.2 Å². The molecule has 28 heavy (non-hydrogen) atoms. The number of halogens is 1. The van der Waals surface area contributed by atoms with Gasteiger partial charge in [0.05, 0.1) is 21.2 Å². The molecule has 5 nitrogen and oxygen atoms in total. The number of nitrogens with zero attached hydrogens (tertiary/aromatic N) is 2. The number of thiophene rings is 1. The van der Waals surface area contributed by atoms with Crippen LogP contribution < -0.4 is 4.74 Å². The minimum Gasteiger partial charge on any atom is -0.453 e. The number of rotatable bonds is 5. The van der Waals surface area contributed by atoms with Crippen LogP contribution in [0.3, 0.4) is 0 Å². The summed E-state index contributed by atoms with van der Waals surface area (Å²) >= 11 is 3.18. The molecule has 0 N–H and O–H groups in total. The maximum Gasteiger partial charge on any atom is 0.272 e. The fourth-order valence-electron chi connectivity index (χ4n) is 2.70. The van der Waals surface area contributed by atoms with Crippen molar-refractivity contribution in [2.45, 2.75) is 4.90 Å². The highest BCUT2D eigenvalue weighted by Gasteiger charge is 2.15. The van der Waals surface area contributed by atoms with Crippen molar-refractivity contribution in [3.05, 3.63) is 76.7 Å². The summed E-state index contributed by atoms with van der Waals surface area (Å²) in [6.45, 7) is 0. The van der Waals surface area contributed by atoms with Crippen molar-refractivity contribution in [3.63, 3.8) is 0 Å². The van der Waals surface area contributed by atoms with Gasteiger partial charge < -0.3 is 4.74 Å². The second-order valence-electron chi connectivity index (χ2n) is 5.84. The molecule has 0 amide bonds. The molecule has 140 valence electrons. The molecule has 0 saturated carbocycles. The molecule has 2 heterocycles. The van der Waals surface area contributed by atoms with Gasteiger partial charge in [-0.3, -0.25) is 15.1 Å². The number of aromatic nitrogens is 1. The van der Waals surface area contributed by atoms with Crippen LogP contribution in [0, 0.1) is 15.9 Å². The zero-order chi connectivity index (χ0) is 19.7. The summed E-state index contributed by atoms with van der Waals surface area (Å²) in [6.07, 6.45) is 3.62. The van der Waals surface area contributed by atoms with E-state index in [-0.39, 0.29) is 11.4 Å². The molecule has 0 bridgehead atoms. The lowest BCUT2D eigenvalue weighted by Crippen LogP contribution is -1.92. The number of nitro benzene ring substituents is 1. The maximum absolute atomic E-state index is 14.2. The second kappa shape index (κ2) is 7.57. The third-order valence-corrected chi connectivity index (χ3v) is 6.03. The number of thioether (sulfide) groups is 1. The lowest BCUT2D eigenvalue weighted by atomic mass is 10.2. The highest BCUT2D eigenvalue weighted by molar-refractivity contribution is 7.98. The minimum atomic E-state index is -0.788. The van der Waals surface area contributed by atoms with Crippen molar-refractivity contribution >= 4 is 39.0 Å². The molecule has 0 aliphatic carbocycles. The molecule has 0 unspecified atom stereocenters. The Morgan fingerprint density at radius 1 is 1.11 bits per heavy atom. The summed E-state index contributed by atoms with van der Waals surface area (Å²) in [6, 6.07) is 15.1. The molecule has 4 aromatic rings. The summed E-state index contributed by atoms with van der Waals surface area (Å²) in [7, 11) is 0. The summed E-state index contributed by atoms with van der Waals surface area (Å²) in [5.74, 6) is -0.407. The molecule has 0 aliphatic rings. The zero-order valence-corrected chi connectivity index (χ0v) is 16.2. The lowest BCUT2D eigenvalue weighted by molar-refractivity contribution is -0.385. The van der Waals surface area contributed by atoms with Crippen molar-refractivity contribution in [1.82, 2.24) is 4.98 Å². The van der Waals surface area contributed by atoms with Crippen LogP contribution in [-0.2, 0) is 0 Å². The van der Waals surface area contributed by atoms with Crippen LogP contribution >= 0.6 is 23.1 Å². The first kappa shape index (κ1) is 18.4. The number of ether oxygens (including phenoxy) is 1. The van der Waals surface area contributed by atoms with Gasteiger partial charge >= 0.3 is 0 Å². The Bertz CT molecular complexity index is 1180. The van der Waals surface area contributed by atoms with Crippen LogP contribution in [0.1, 0.15) is 0 Å². The maximum atomic E-state index is 14.2. The van der Waals surface area contributed by atoms with Gasteiger partial charge in [0.25, 0.3) is 5.69 Å². The fraction of sp³-hybridized carbons (Fsp3) is 0.0500. The van der Waals surface area contributed by atoms with E-state index in [4.69, 9.17) is 4.74 Å². The molecule has 0 fully saturated rings. The number of non-ortho nitro benzene ring substituents is 1. The van der Waals surface area contributed by atoms with E-state index in [9.17, 15) is 14.5 Å². The van der Waals surface area contributed by atoms with Gasteiger partial charge in [0.2, 0.25) is 0 Å². The molecular weight excluding hydrogens is 399 g/mol. The van der Waals surface area contributed by atoms with Gasteiger partial charge in [0.15, 0.2) is 11.6 Å². The monoisotopic (exact) mass is 412 g/mol. The fourth-order valence-corrected chi connectivity index (χ4v) is 4.18. The Morgan fingerprint density at radius 2 is 1.89 bits per heavy atom. The highest BCUT2D eigenvalue weighted by Crippen LogP contribution is 2.40. The number of nitro groups is 1. The first-order chi connectivity index (χ1) is 13.5. The Labute approximate surface area is 168 Å². The number of hydrogen-bond acceptors (Lipinski definition) is 6. The number of hydrogen-bond donors (Lipinski definition) is 0. The number of benzene rings is 2. The van der Waals surface area contributed by atoms with Gasteiger partial charge in [0, 0.05) is 28.1 Å². The minimum absolute atomic E-state index is 0.0719. The van der Waals surface area contributed by atoms with E-state index >= 15 is 0 Å². The summed E-state index contributed by atoms with van der Waals surface area (Å²) < 4.78 is 20.7. The van der Waals surface area contributed by atoms with E-state index in [1.807, 2.05) is 24.5 Å². The summed E-state index contributed by atoms with van der Waals surface area (Å²) in [4.78, 5) is 16.7. The number of pyridine rings is 1. The van der Waals surface area contributed by atoms with Gasteiger partial charge in [-0.15, -0.1) is 23.1 Å². The quantitative estimate of drug-likeness (QED) is 0.212. The predicted octanol–water partition coefficient (Wildman–Crippen LogP) is 6.52. The van der Waals surface area contributed by atoms with Crippen molar-refractivity contribution in [1.29, 1.82) is 0 Å². The molecule has 2 aromatic carbocycles. The Kier molecular flexibility index (Phi) is 4.97. The van der Waals surface area contributed by atoms with E-state index in [2.05, 4.69) is 17.1 Å². The van der Waals surface area contributed by atoms with Crippen LogP contribution in [0.4, 0.5) is 10.1 Å². The lowest BCUT2D eigenvalue weighted by Gasteiger charge is -2.07. The largest absolute Gasteiger partial charge is 0.453 e. The highest BCUT2D eigenvalue weighted by atomic mass is 32.2. The van der Waals surface area contributed by atoms with Crippen molar-refractivity contribution in [3.8, 4) is 21.9 Å². The first-order valence-corrected chi connectivity index (χ1v) is 10.2. The summed E-state index contributed by atoms with van der Waals surface area (Å²) in [5, 5.41) is 10.8. The normalized spacial score (nSPS) is 10.9. The van der Waals surface area contributed by atoms with E-state index in [1.54, 1.807) is 24.0 Å². The van der Waals surface area contributed by atoms with Gasteiger partial charge in [-0.2, -0.15) is 0 Å². The third-order valence-electron chi connectivity index (χ3n) is 4.10. The molecule has 2 aromatic heterocycles. The first-order valence-electron chi connectivity index (χ1n) is 8.20. The van der Waals surface area contributed by atoms with Gasteiger partial charge in [-0.1, -0.05) is 12.1 Å². The zero-order valence-electron chi connectivity index (χ0n) is 14.6.